The summed E-state index contributed by atoms with van der Waals surface area (Å²) in [5.74, 6) is -0.505. The second kappa shape index (κ2) is 5.16. The Morgan fingerprint density at radius 3 is 2.78 bits per heavy atom. The lowest BCUT2D eigenvalue weighted by Crippen LogP contribution is -2.13. The minimum Gasteiger partial charge on any atom is -0.491 e. The van der Waals surface area contributed by atoms with Crippen LogP contribution in [0.2, 0.25) is 5.02 Å². The van der Waals surface area contributed by atoms with E-state index in [2.05, 4.69) is 0 Å². The molecule has 0 aromatic heterocycles. The first-order valence-electron chi connectivity index (χ1n) is 5.82. The molecule has 0 heterocycles. The van der Waals surface area contributed by atoms with Crippen LogP contribution in [-0.2, 0) is 4.79 Å². The molecular formula is C13H15ClO4. The molecule has 2 N–H and O–H groups in total. The van der Waals surface area contributed by atoms with Gasteiger partial charge in [0.25, 0.3) is 0 Å². The monoisotopic (exact) mass is 270 g/mol. The van der Waals surface area contributed by atoms with Crippen molar-refractivity contribution >= 4 is 17.6 Å². The third-order valence-electron chi connectivity index (χ3n) is 2.91. The van der Waals surface area contributed by atoms with Gasteiger partial charge in [0.05, 0.1) is 11.6 Å². The standard InChI is InChI=1S/C13H15ClO4/c1-7-4-9(11(15)13(16)17)12(10(14)5-7)18-6-8-2-3-8/h4-5,8,11,15H,2-3,6H2,1H3,(H,16,17). The molecule has 0 aliphatic heterocycles. The van der Waals surface area contributed by atoms with Gasteiger partial charge in [0.1, 0.15) is 5.75 Å². The Labute approximate surface area is 110 Å². The SMILES string of the molecule is Cc1cc(Cl)c(OCC2CC2)c(C(O)C(=O)O)c1. The average Bonchev–Trinajstić information content (AvgIpc) is 3.09. The summed E-state index contributed by atoms with van der Waals surface area (Å²) < 4.78 is 5.56. The zero-order valence-corrected chi connectivity index (χ0v) is 10.8. The lowest BCUT2D eigenvalue weighted by atomic mass is 10.1. The fourth-order valence-electron chi connectivity index (χ4n) is 1.73. The summed E-state index contributed by atoms with van der Waals surface area (Å²) in [5, 5.41) is 18.9. The van der Waals surface area contributed by atoms with Crippen LogP contribution in [0.1, 0.15) is 30.1 Å². The van der Waals surface area contributed by atoms with Gasteiger partial charge in [0.2, 0.25) is 0 Å². The maximum atomic E-state index is 10.9. The molecule has 0 radical (unpaired) electrons. The van der Waals surface area contributed by atoms with E-state index in [-0.39, 0.29) is 11.3 Å². The predicted octanol–water partition coefficient (Wildman–Crippen LogP) is 2.56. The number of aliphatic carboxylic acids is 1. The fourth-order valence-corrected chi connectivity index (χ4v) is 2.07. The summed E-state index contributed by atoms with van der Waals surface area (Å²) in [6, 6.07) is 3.29. The van der Waals surface area contributed by atoms with Gasteiger partial charge in [-0.15, -0.1) is 0 Å². The molecule has 1 aliphatic rings. The lowest BCUT2D eigenvalue weighted by Gasteiger charge is -2.16. The minimum absolute atomic E-state index is 0.216. The molecule has 1 aromatic carbocycles. The van der Waals surface area contributed by atoms with Crippen LogP contribution in [-0.4, -0.2) is 22.8 Å². The molecular weight excluding hydrogens is 256 g/mol. The Kier molecular flexibility index (Phi) is 3.78. The molecule has 1 aromatic rings. The van der Waals surface area contributed by atoms with E-state index in [1.165, 1.54) is 0 Å². The van der Waals surface area contributed by atoms with E-state index in [1.54, 1.807) is 19.1 Å². The predicted molar refractivity (Wildman–Crippen MR) is 67.0 cm³/mol. The smallest absolute Gasteiger partial charge is 0.337 e. The first kappa shape index (κ1) is 13.2. The number of aliphatic hydroxyl groups is 1. The molecule has 1 fully saturated rings. The fraction of sp³-hybridized carbons (Fsp3) is 0.462. The van der Waals surface area contributed by atoms with Crippen molar-refractivity contribution in [2.24, 2.45) is 5.92 Å². The molecule has 1 unspecified atom stereocenters. The van der Waals surface area contributed by atoms with Crippen LogP contribution in [0.5, 0.6) is 5.75 Å². The van der Waals surface area contributed by atoms with Gasteiger partial charge in [-0.05, 0) is 43.4 Å². The Morgan fingerprint density at radius 2 is 2.22 bits per heavy atom. The molecule has 0 bridgehead atoms. The number of halogens is 1. The number of benzene rings is 1. The van der Waals surface area contributed by atoms with Gasteiger partial charge in [0.15, 0.2) is 6.10 Å². The maximum Gasteiger partial charge on any atom is 0.337 e. The van der Waals surface area contributed by atoms with Crippen LogP contribution < -0.4 is 4.74 Å². The molecule has 1 atom stereocenters. The van der Waals surface area contributed by atoms with E-state index in [0.29, 0.717) is 17.5 Å². The van der Waals surface area contributed by atoms with Crippen LogP contribution in [0.15, 0.2) is 12.1 Å². The molecule has 1 saturated carbocycles. The zero-order chi connectivity index (χ0) is 13.3. The summed E-state index contributed by atoms with van der Waals surface area (Å²) in [6.45, 7) is 2.30. The number of carboxylic acids is 1. The highest BCUT2D eigenvalue weighted by molar-refractivity contribution is 6.32. The van der Waals surface area contributed by atoms with Gasteiger partial charge in [0, 0.05) is 5.56 Å². The molecule has 1 aliphatic carbocycles. The highest BCUT2D eigenvalue weighted by Crippen LogP contribution is 2.37. The first-order chi connectivity index (χ1) is 8.49. The largest absolute Gasteiger partial charge is 0.491 e. The van der Waals surface area contributed by atoms with E-state index in [0.717, 1.165) is 18.4 Å². The van der Waals surface area contributed by atoms with E-state index >= 15 is 0 Å². The Hall–Kier alpha value is -1.26. The average molecular weight is 271 g/mol. The maximum absolute atomic E-state index is 10.9. The van der Waals surface area contributed by atoms with Crippen LogP contribution in [0.4, 0.5) is 0 Å². The molecule has 5 heteroatoms. The van der Waals surface area contributed by atoms with Crippen molar-refractivity contribution in [1.82, 2.24) is 0 Å². The second-order valence-corrected chi connectivity index (χ2v) is 5.07. The number of aliphatic hydroxyl groups excluding tert-OH is 1. The topological polar surface area (TPSA) is 66.8 Å². The van der Waals surface area contributed by atoms with Crippen LogP contribution in [0.25, 0.3) is 0 Å². The number of rotatable bonds is 5. The summed E-state index contributed by atoms with van der Waals surface area (Å²) >= 11 is 6.06. The third kappa shape index (κ3) is 2.94. The highest BCUT2D eigenvalue weighted by Gasteiger charge is 2.26. The quantitative estimate of drug-likeness (QED) is 0.863. The van der Waals surface area contributed by atoms with Crippen molar-refractivity contribution in [2.45, 2.75) is 25.9 Å². The van der Waals surface area contributed by atoms with Gasteiger partial charge in [-0.3, -0.25) is 0 Å². The minimum atomic E-state index is -1.61. The molecule has 0 amide bonds. The van der Waals surface area contributed by atoms with Crippen molar-refractivity contribution in [3.8, 4) is 5.75 Å². The first-order valence-corrected chi connectivity index (χ1v) is 6.20. The summed E-state index contributed by atoms with van der Waals surface area (Å²) in [7, 11) is 0. The van der Waals surface area contributed by atoms with Crippen molar-refractivity contribution < 1.29 is 19.7 Å². The number of hydrogen-bond acceptors (Lipinski definition) is 3. The molecule has 0 spiro atoms. The lowest BCUT2D eigenvalue weighted by molar-refractivity contribution is -0.147. The normalized spacial score (nSPS) is 16.4. The van der Waals surface area contributed by atoms with Crippen LogP contribution in [0.3, 0.4) is 0 Å². The van der Waals surface area contributed by atoms with Gasteiger partial charge in [-0.2, -0.15) is 0 Å². The number of hydrogen-bond donors (Lipinski definition) is 2. The highest BCUT2D eigenvalue weighted by atomic mass is 35.5. The van der Waals surface area contributed by atoms with Crippen molar-refractivity contribution in [1.29, 1.82) is 0 Å². The Balaban J connectivity index is 2.30. The van der Waals surface area contributed by atoms with E-state index in [1.807, 2.05) is 0 Å². The van der Waals surface area contributed by atoms with Crippen molar-refractivity contribution in [3.05, 3.63) is 28.3 Å². The van der Waals surface area contributed by atoms with E-state index < -0.39 is 12.1 Å². The van der Waals surface area contributed by atoms with Crippen LogP contribution in [0, 0.1) is 12.8 Å². The zero-order valence-electron chi connectivity index (χ0n) is 10.0. The Bertz CT molecular complexity index is 468. The Morgan fingerprint density at radius 1 is 1.56 bits per heavy atom. The van der Waals surface area contributed by atoms with E-state index in [4.69, 9.17) is 21.4 Å². The van der Waals surface area contributed by atoms with Crippen LogP contribution >= 0.6 is 11.6 Å². The van der Waals surface area contributed by atoms with E-state index in [9.17, 15) is 9.90 Å². The van der Waals surface area contributed by atoms with Crippen molar-refractivity contribution in [3.63, 3.8) is 0 Å². The molecule has 2 rings (SSSR count). The molecule has 98 valence electrons. The number of ether oxygens (including phenoxy) is 1. The van der Waals surface area contributed by atoms with Gasteiger partial charge < -0.3 is 14.9 Å². The third-order valence-corrected chi connectivity index (χ3v) is 3.19. The molecule has 18 heavy (non-hydrogen) atoms. The summed E-state index contributed by atoms with van der Waals surface area (Å²) in [4.78, 5) is 10.9. The second-order valence-electron chi connectivity index (χ2n) is 4.66. The van der Waals surface area contributed by atoms with Gasteiger partial charge in [-0.25, -0.2) is 4.79 Å². The number of carbonyl (C=O) groups is 1. The summed E-state index contributed by atoms with van der Waals surface area (Å²) in [6.07, 6.45) is 0.636. The van der Waals surface area contributed by atoms with Gasteiger partial charge in [-0.1, -0.05) is 11.6 Å². The number of carboxylic acid groups (broad SMARTS) is 1. The van der Waals surface area contributed by atoms with Crippen molar-refractivity contribution in [2.75, 3.05) is 6.61 Å². The number of aryl methyl sites for hydroxylation is 1. The molecule has 0 saturated heterocycles. The summed E-state index contributed by atoms with van der Waals surface area (Å²) in [5.41, 5.74) is 1.00. The van der Waals surface area contributed by atoms with Gasteiger partial charge >= 0.3 is 5.97 Å². The molecule has 4 nitrogen and oxygen atoms in total.